The lowest BCUT2D eigenvalue weighted by Gasteiger charge is -2.24. The third-order valence-electron chi connectivity index (χ3n) is 4.01. The zero-order valence-corrected chi connectivity index (χ0v) is 15.5. The highest BCUT2D eigenvalue weighted by molar-refractivity contribution is 7.15. The predicted molar refractivity (Wildman–Crippen MR) is 95.4 cm³/mol. The van der Waals surface area contributed by atoms with Gasteiger partial charge in [-0.1, -0.05) is 40.5 Å². The van der Waals surface area contributed by atoms with Crippen molar-refractivity contribution in [3.8, 4) is 0 Å². The topological polar surface area (TPSA) is 28.2 Å². The maximum absolute atomic E-state index is 4.81. The zero-order chi connectivity index (χ0) is 15.8. The number of anilines is 1. The molecule has 0 saturated carbocycles. The molecular formula is C17H33N3S. The fourth-order valence-electron chi connectivity index (χ4n) is 2.39. The molecule has 1 N–H and O–H groups in total. The van der Waals surface area contributed by atoms with Gasteiger partial charge in [0.1, 0.15) is 0 Å². The van der Waals surface area contributed by atoms with E-state index in [0.29, 0.717) is 5.92 Å². The van der Waals surface area contributed by atoms with E-state index in [2.05, 4.69) is 51.8 Å². The van der Waals surface area contributed by atoms with Crippen LogP contribution < -0.4 is 10.2 Å². The summed E-state index contributed by atoms with van der Waals surface area (Å²) in [5, 5.41) is 4.72. The zero-order valence-electron chi connectivity index (χ0n) is 14.7. The third kappa shape index (κ3) is 5.95. The number of nitrogens with zero attached hydrogens (tertiary/aromatic N) is 2. The van der Waals surface area contributed by atoms with Crippen LogP contribution in [0, 0.1) is 18.8 Å². The van der Waals surface area contributed by atoms with Crippen molar-refractivity contribution in [2.24, 2.45) is 11.8 Å². The van der Waals surface area contributed by atoms with Gasteiger partial charge in [0.25, 0.3) is 0 Å². The van der Waals surface area contributed by atoms with Gasteiger partial charge in [-0.15, -0.1) is 11.3 Å². The Hall–Kier alpha value is -0.610. The van der Waals surface area contributed by atoms with Crippen LogP contribution in [0.2, 0.25) is 0 Å². The molecule has 0 spiro atoms. The third-order valence-corrected chi connectivity index (χ3v) is 5.22. The van der Waals surface area contributed by atoms with Gasteiger partial charge in [-0.25, -0.2) is 4.98 Å². The van der Waals surface area contributed by atoms with Crippen molar-refractivity contribution in [1.82, 2.24) is 10.3 Å². The molecule has 0 aromatic carbocycles. The molecule has 0 radical (unpaired) electrons. The van der Waals surface area contributed by atoms with Gasteiger partial charge >= 0.3 is 0 Å². The summed E-state index contributed by atoms with van der Waals surface area (Å²) in [5.41, 5.74) is 1.19. The summed E-state index contributed by atoms with van der Waals surface area (Å²) in [6.07, 6.45) is 2.50. The fraction of sp³-hybridized carbons (Fsp3) is 0.824. The second-order valence-electron chi connectivity index (χ2n) is 6.25. The van der Waals surface area contributed by atoms with Crippen LogP contribution in [-0.4, -0.2) is 24.6 Å². The van der Waals surface area contributed by atoms with E-state index in [-0.39, 0.29) is 0 Å². The number of rotatable bonds is 10. The number of aromatic nitrogens is 1. The molecule has 3 nitrogen and oxygen atoms in total. The monoisotopic (exact) mass is 311 g/mol. The molecule has 1 aromatic heterocycles. The van der Waals surface area contributed by atoms with Crippen LogP contribution in [0.15, 0.2) is 0 Å². The first kappa shape index (κ1) is 18.4. The minimum Gasteiger partial charge on any atom is -0.348 e. The second-order valence-corrected chi connectivity index (χ2v) is 7.31. The average Bonchev–Trinajstić information content (AvgIpc) is 2.81. The normalized spacial score (nSPS) is 11.6. The van der Waals surface area contributed by atoms with Crippen molar-refractivity contribution >= 4 is 16.5 Å². The second kappa shape index (κ2) is 9.42. The summed E-state index contributed by atoms with van der Waals surface area (Å²) in [6, 6.07) is 0. The highest BCUT2D eigenvalue weighted by atomic mass is 32.1. The van der Waals surface area contributed by atoms with Gasteiger partial charge in [0.15, 0.2) is 5.13 Å². The first-order chi connectivity index (χ1) is 10.0. The molecule has 21 heavy (non-hydrogen) atoms. The molecule has 1 rings (SSSR count). The summed E-state index contributed by atoms with van der Waals surface area (Å²) in [6.45, 7) is 17.6. The van der Waals surface area contributed by atoms with Gasteiger partial charge in [0, 0.05) is 24.5 Å². The summed E-state index contributed by atoms with van der Waals surface area (Å²) in [5.74, 6) is 1.47. The fourth-order valence-corrected chi connectivity index (χ4v) is 3.49. The molecule has 0 aliphatic rings. The number of aryl methyl sites for hydroxylation is 1. The SMILES string of the molecule is CCC(CC)CN(CC)c1nc(C)c(CNCC(C)C)s1. The predicted octanol–water partition coefficient (Wildman–Crippen LogP) is 4.46. The first-order valence-corrected chi connectivity index (χ1v) is 9.25. The smallest absolute Gasteiger partial charge is 0.185 e. The van der Waals surface area contributed by atoms with E-state index in [9.17, 15) is 0 Å². The Kier molecular flexibility index (Phi) is 8.27. The van der Waals surface area contributed by atoms with E-state index in [0.717, 1.165) is 32.1 Å². The van der Waals surface area contributed by atoms with Gasteiger partial charge in [0.2, 0.25) is 0 Å². The highest BCUT2D eigenvalue weighted by Gasteiger charge is 2.16. The van der Waals surface area contributed by atoms with Crippen LogP contribution in [0.3, 0.4) is 0 Å². The van der Waals surface area contributed by atoms with Crippen LogP contribution in [0.4, 0.5) is 5.13 Å². The van der Waals surface area contributed by atoms with Crippen LogP contribution in [0.1, 0.15) is 58.0 Å². The number of thiazole rings is 1. The molecule has 122 valence electrons. The molecule has 1 aromatic rings. The maximum Gasteiger partial charge on any atom is 0.185 e. The molecule has 0 saturated heterocycles. The van der Waals surface area contributed by atoms with E-state index < -0.39 is 0 Å². The average molecular weight is 312 g/mol. The Balaban J connectivity index is 2.68. The molecule has 0 aliphatic heterocycles. The van der Waals surface area contributed by atoms with Gasteiger partial charge in [-0.05, 0) is 32.2 Å². The van der Waals surface area contributed by atoms with E-state index >= 15 is 0 Å². The van der Waals surface area contributed by atoms with Crippen molar-refractivity contribution in [2.45, 2.75) is 60.9 Å². The lowest BCUT2D eigenvalue weighted by molar-refractivity contribution is 0.486. The van der Waals surface area contributed by atoms with Gasteiger partial charge in [0.05, 0.1) is 5.69 Å². The minimum atomic E-state index is 0.694. The number of hydrogen-bond acceptors (Lipinski definition) is 4. The molecule has 0 bridgehead atoms. The lowest BCUT2D eigenvalue weighted by Crippen LogP contribution is -2.28. The quantitative estimate of drug-likeness (QED) is 0.691. The maximum atomic E-state index is 4.81. The Morgan fingerprint density at radius 1 is 1.19 bits per heavy atom. The van der Waals surface area contributed by atoms with E-state index in [1.54, 1.807) is 0 Å². The molecule has 0 fully saturated rings. The summed E-state index contributed by atoms with van der Waals surface area (Å²) in [4.78, 5) is 8.63. The standard InChI is InChI=1S/C17H33N3S/c1-7-15(8-2)12-20(9-3)17-19-14(6)16(21-17)11-18-10-13(4)5/h13,15,18H,7-12H2,1-6H3. The molecule has 1 heterocycles. The molecule has 4 heteroatoms. The van der Waals surface area contributed by atoms with Crippen LogP contribution in [-0.2, 0) is 6.54 Å². The Morgan fingerprint density at radius 2 is 1.86 bits per heavy atom. The van der Waals surface area contributed by atoms with Crippen molar-refractivity contribution in [3.05, 3.63) is 10.6 Å². The molecule has 0 atom stereocenters. The van der Waals surface area contributed by atoms with Crippen molar-refractivity contribution in [3.63, 3.8) is 0 Å². The van der Waals surface area contributed by atoms with Crippen LogP contribution in [0.25, 0.3) is 0 Å². The first-order valence-electron chi connectivity index (χ1n) is 8.43. The Morgan fingerprint density at radius 3 is 2.38 bits per heavy atom. The summed E-state index contributed by atoms with van der Waals surface area (Å²) >= 11 is 1.86. The number of nitrogens with one attached hydrogen (secondary N) is 1. The lowest BCUT2D eigenvalue weighted by atomic mass is 10.0. The van der Waals surface area contributed by atoms with Crippen LogP contribution >= 0.6 is 11.3 Å². The van der Waals surface area contributed by atoms with Crippen molar-refractivity contribution in [2.75, 3.05) is 24.5 Å². The Bertz CT molecular complexity index is 397. The molecule has 0 unspecified atom stereocenters. The van der Waals surface area contributed by atoms with Crippen LogP contribution in [0.5, 0.6) is 0 Å². The van der Waals surface area contributed by atoms with Crippen molar-refractivity contribution < 1.29 is 0 Å². The number of hydrogen-bond donors (Lipinski definition) is 1. The molecule has 0 aliphatic carbocycles. The Labute approximate surface area is 135 Å². The van der Waals surface area contributed by atoms with Gasteiger partial charge in [-0.3, -0.25) is 0 Å². The van der Waals surface area contributed by atoms with Crippen molar-refractivity contribution in [1.29, 1.82) is 0 Å². The van der Waals surface area contributed by atoms with Gasteiger partial charge < -0.3 is 10.2 Å². The van der Waals surface area contributed by atoms with E-state index in [1.165, 1.54) is 28.5 Å². The highest BCUT2D eigenvalue weighted by Crippen LogP contribution is 2.27. The van der Waals surface area contributed by atoms with E-state index in [4.69, 9.17) is 4.98 Å². The van der Waals surface area contributed by atoms with Gasteiger partial charge in [-0.2, -0.15) is 0 Å². The summed E-state index contributed by atoms with van der Waals surface area (Å²) < 4.78 is 0. The summed E-state index contributed by atoms with van der Waals surface area (Å²) in [7, 11) is 0. The van der Waals surface area contributed by atoms with E-state index in [1.807, 2.05) is 11.3 Å². The minimum absolute atomic E-state index is 0.694. The molecule has 0 amide bonds. The molecular weight excluding hydrogens is 278 g/mol. The largest absolute Gasteiger partial charge is 0.348 e.